The van der Waals surface area contributed by atoms with Gasteiger partial charge in [-0.15, -0.1) is 4.99 Å². The fourth-order valence-corrected chi connectivity index (χ4v) is 2.99. The summed E-state index contributed by atoms with van der Waals surface area (Å²) in [5.74, 6) is -3.35. The van der Waals surface area contributed by atoms with Crippen LogP contribution in [-0.2, 0) is 23.7 Å². The lowest BCUT2D eigenvalue weighted by atomic mass is 10.2. The third kappa shape index (κ3) is 12.9. The largest absolute Gasteiger partial charge is 0.353 e. The minimum absolute atomic E-state index is 0.351. The second-order valence-corrected chi connectivity index (χ2v) is 8.03. The summed E-state index contributed by atoms with van der Waals surface area (Å²) in [6.45, 7) is 12.5. The van der Waals surface area contributed by atoms with Crippen molar-refractivity contribution < 1.29 is 23.7 Å². The maximum absolute atomic E-state index is 11.6. The fourth-order valence-electron chi connectivity index (χ4n) is 2.99. The molecule has 196 valence electrons. The number of aliphatic imine (C=N–C) groups is 1. The first-order valence-corrected chi connectivity index (χ1v) is 12.9. The number of rotatable bonds is 25. The number of nitrogens with zero attached hydrogens (tertiary/aromatic N) is 1. The van der Waals surface area contributed by atoms with E-state index in [1.165, 1.54) is 0 Å². The topological polar surface area (TPSA) is 116 Å². The van der Waals surface area contributed by atoms with Gasteiger partial charge < -0.3 is 30.0 Å². The van der Waals surface area contributed by atoms with Gasteiger partial charge >= 0.3 is 11.8 Å². The van der Waals surface area contributed by atoms with Gasteiger partial charge in [0.05, 0.1) is 26.4 Å². The highest BCUT2D eigenvalue weighted by atomic mass is 16.8. The number of hydrogen-bond donors (Lipinski definition) is 3. The first-order chi connectivity index (χ1) is 16.1. The first-order valence-electron chi connectivity index (χ1n) is 12.9. The maximum Gasteiger partial charge on any atom is 0.353 e. The lowest BCUT2D eigenvalue weighted by molar-refractivity contribution is -0.420. The molecule has 0 aliphatic rings. The molecule has 0 radical (unpaired) electrons. The molecule has 0 aromatic heterocycles. The summed E-state index contributed by atoms with van der Waals surface area (Å²) < 4.78 is 25.0. The second kappa shape index (κ2) is 21.6. The summed E-state index contributed by atoms with van der Waals surface area (Å²) in [7, 11) is 0. The number of unbranched alkanes of at least 4 members (excludes halogenated alkanes) is 4. The van der Waals surface area contributed by atoms with Crippen LogP contribution in [0.5, 0.6) is 0 Å². The Morgan fingerprint density at radius 2 is 1.21 bits per heavy atom. The van der Waals surface area contributed by atoms with Gasteiger partial charge in [-0.05, 0) is 38.6 Å². The van der Waals surface area contributed by atoms with Crippen molar-refractivity contribution >= 4 is 6.08 Å². The molecule has 9 nitrogen and oxygen atoms in total. The Labute approximate surface area is 201 Å². The van der Waals surface area contributed by atoms with Crippen LogP contribution in [0, 0.1) is 0 Å². The zero-order valence-corrected chi connectivity index (χ0v) is 21.6. The smallest absolute Gasteiger partial charge is 0.331 e. The quantitative estimate of drug-likeness (QED) is 0.0797. The Kier molecular flexibility index (Phi) is 21.0. The van der Waals surface area contributed by atoms with Crippen molar-refractivity contribution in [3.63, 3.8) is 0 Å². The first kappa shape index (κ1) is 32.1. The van der Waals surface area contributed by atoms with E-state index in [0.717, 1.165) is 70.9 Å². The normalized spacial score (nSPS) is 12.2. The highest BCUT2D eigenvalue weighted by molar-refractivity contribution is 5.34. The van der Waals surface area contributed by atoms with Crippen LogP contribution in [0.4, 0.5) is 0 Å². The van der Waals surface area contributed by atoms with Crippen molar-refractivity contribution in [1.82, 2.24) is 10.6 Å². The van der Waals surface area contributed by atoms with Gasteiger partial charge in [0.2, 0.25) is 6.08 Å². The summed E-state index contributed by atoms with van der Waals surface area (Å²) in [6.07, 6.45) is 9.43. The molecule has 0 bridgehead atoms. The second-order valence-electron chi connectivity index (χ2n) is 8.03. The van der Waals surface area contributed by atoms with E-state index in [-0.39, 0.29) is 0 Å². The summed E-state index contributed by atoms with van der Waals surface area (Å²) in [4.78, 5) is 15.7. The zero-order chi connectivity index (χ0) is 24.7. The Morgan fingerprint density at radius 1 is 0.727 bits per heavy atom. The summed E-state index contributed by atoms with van der Waals surface area (Å²) in [6, 6.07) is 0. The maximum atomic E-state index is 11.6. The molecule has 4 N–H and O–H groups in total. The van der Waals surface area contributed by atoms with E-state index in [2.05, 4.69) is 43.3 Å². The predicted octanol–water partition coefficient (Wildman–Crippen LogP) is 3.42. The fraction of sp³-hybridized carbons (Fsp3) is 0.958. The van der Waals surface area contributed by atoms with Crippen molar-refractivity contribution in [3.05, 3.63) is 0 Å². The van der Waals surface area contributed by atoms with E-state index < -0.39 is 11.8 Å². The number of nitrogens with two attached hydrogens (primary N) is 1. The van der Waals surface area contributed by atoms with Gasteiger partial charge in [0.15, 0.2) is 0 Å². The van der Waals surface area contributed by atoms with Gasteiger partial charge in [-0.1, -0.05) is 53.4 Å². The summed E-state index contributed by atoms with van der Waals surface area (Å²) >= 11 is 0. The van der Waals surface area contributed by atoms with Gasteiger partial charge in [-0.25, -0.2) is 4.79 Å². The van der Waals surface area contributed by atoms with Crippen LogP contribution in [0.2, 0.25) is 0 Å². The molecule has 0 atom stereocenters. The van der Waals surface area contributed by atoms with Gasteiger partial charge in [0, 0.05) is 19.6 Å². The average molecular weight is 475 g/mol. The van der Waals surface area contributed by atoms with Crippen molar-refractivity contribution in [2.24, 2.45) is 10.7 Å². The van der Waals surface area contributed by atoms with E-state index in [1.54, 1.807) is 6.08 Å². The van der Waals surface area contributed by atoms with Crippen LogP contribution in [-0.4, -0.2) is 70.5 Å². The van der Waals surface area contributed by atoms with Crippen LogP contribution >= 0.6 is 0 Å². The van der Waals surface area contributed by atoms with Gasteiger partial charge in [0.1, 0.15) is 0 Å². The molecule has 0 unspecified atom stereocenters. The van der Waals surface area contributed by atoms with Crippen LogP contribution < -0.4 is 16.4 Å². The SMILES string of the molecule is CCCCOC(N=C=O)(OCCCC)C(NCCCNCCN)(OCCCC)OCCCC. The van der Waals surface area contributed by atoms with E-state index in [1.807, 2.05) is 0 Å². The summed E-state index contributed by atoms with van der Waals surface area (Å²) in [5.41, 5.74) is 5.55. The van der Waals surface area contributed by atoms with E-state index in [9.17, 15) is 4.79 Å². The number of ether oxygens (including phenoxy) is 4. The number of isocyanates is 1. The molecular formula is C24H50N4O5. The Bertz CT molecular complexity index is 469. The van der Waals surface area contributed by atoms with E-state index >= 15 is 0 Å². The van der Waals surface area contributed by atoms with Crippen LogP contribution in [0.15, 0.2) is 4.99 Å². The van der Waals surface area contributed by atoms with Crippen molar-refractivity contribution in [3.8, 4) is 0 Å². The van der Waals surface area contributed by atoms with Crippen LogP contribution in [0.3, 0.4) is 0 Å². The van der Waals surface area contributed by atoms with Crippen molar-refractivity contribution in [2.45, 2.75) is 97.3 Å². The Balaban J connectivity index is 6.03. The molecule has 0 aliphatic heterocycles. The summed E-state index contributed by atoms with van der Waals surface area (Å²) in [5, 5.41) is 6.65. The molecule has 0 aliphatic carbocycles. The Hall–Kier alpha value is -0.900. The molecule has 9 heteroatoms. The predicted molar refractivity (Wildman–Crippen MR) is 132 cm³/mol. The Morgan fingerprint density at radius 3 is 1.64 bits per heavy atom. The highest BCUT2D eigenvalue weighted by Gasteiger charge is 2.58. The molecule has 0 aromatic rings. The number of carbonyl (C=O) groups excluding carboxylic acids is 1. The molecule has 33 heavy (non-hydrogen) atoms. The molecule has 0 saturated carbocycles. The van der Waals surface area contributed by atoms with Gasteiger partial charge in [0.25, 0.3) is 0 Å². The van der Waals surface area contributed by atoms with Crippen molar-refractivity contribution in [1.29, 1.82) is 0 Å². The highest BCUT2D eigenvalue weighted by Crippen LogP contribution is 2.34. The third-order valence-electron chi connectivity index (χ3n) is 5.02. The van der Waals surface area contributed by atoms with Crippen LogP contribution in [0.25, 0.3) is 0 Å². The molecule has 0 aromatic carbocycles. The minimum Gasteiger partial charge on any atom is -0.331 e. The molecule has 0 amide bonds. The van der Waals surface area contributed by atoms with Gasteiger partial charge in [-0.2, -0.15) is 0 Å². The molecule has 0 fully saturated rings. The lowest BCUT2D eigenvalue weighted by Crippen LogP contribution is -2.68. The van der Waals surface area contributed by atoms with E-state index in [4.69, 9.17) is 24.7 Å². The lowest BCUT2D eigenvalue weighted by Gasteiger charge is -2.45. The third-order valence-corrected chi connectivity index (χ3v) is 5.02. The molecule has 0 saturated heterocycles. The zero-order valence-electron chi connectivity index (χ0n) is 21.6. The van der Waals surface area contributed by atoms with Crippen molar-refractivity contribution in [2.75, 3.05) is 52.6 Å². The molecule has 0 rings (SSSR count). The van der Waals surface area contributed by atoms with Gasteiger partial charge in [-0.3, -0.25) is 5.32 Å². The number of hydrogen-bond acceptors (Lipinski definition) is 9. The minimum atomic E-state index is -1.79. The van der Waals surface area contributed by atoms with E-state index in [0.29, 0.717) is 39.5 Å². The molecular weight excluding hydrogens is 424 g/mol. The average Bonchev–Trinajstić information content (AvgIpc) is 2.81. The monoisotopic (exact) mass is 474 g/mol. The number of nitrogens with one attached hydrogen (secondary N) is 2. The standard InChI is InChI=1S/C24H50N4O5/c1-5-9-18-30-23(31-19-10-6-2,27-16-13-15-26-17-14-25)24(28-22-29,32-20-11-7-3)33-21-12-8-4/h26-27H,5-21,25H2,1-4H3. The van der Waals surface area contributed by atoms with Crippen LogP contribution in [0.1, 0.15) is 85.5 Å². The molecule has 0 spiro atoms. The molecule has 0 heterocycles.